The van der Waals surface area contributed by atoms with E-state index in [1.807, 2.05) is 54.6 Å². The number of benzene rings is 3. The van der Waals surface area contributed by atoms with Crippen molar-refractivity contribution in [2.45, 2.75) is 38.0 Å². The van der Waals surface area contributed by atoms with Crippen LogP contribution in [0.25, 0.3) is 11.1 Å². The summed E-state index contributed by atoms with van der Waals surface area (Å²) in [4.78, 5) is 41.3. The van der Waals surface area contributed by atoms with Crippen molar-refractivity contribution in [2.24, 2.45) is 0 Å². The monoisotopic (exact) mass is 585 g/mol. The summed E-state index contributed by atoms with van der Waals surface area (Å²) in [5, 5.41) is 17.1. The van der Waals surface area contributed by atoms with Gasteiger partial charge in [0, 0.05) is 24.3 Å². The van der Waals surface area contributed by atoms with Crippen molar-refractivity contribution in [3.8, 4) is 11.1 Å². The molecule has 0 saturated heterocycles. The number of rotatable bonds is 12. The van der Waals surface area contributed by atoms with Gasteiger partial charge in [-0.15, -0.1) is 11.3 Å². The summed E-state index contributed by atoms with van der Waals surface area (Å²) in [6, 6.07) is 24.4. The Kier molecular flexibility index (Phi) is 9.25. The Labute approximate surface area is 247 Å². The fraction of sp³-hybridized carbons (Fsp3) is 0.250. The van der Waals surface area contributed by atoms with Crippen LogP contribution in [0.15, 0.2) is 84.2 Å². The smallest absolute Gasteiger partial charge is 0.407 e. The van der Waals surface area contributed by atoms with Crippen LogP contribution in [0.5, 0.6) is 0 Å². The van der Waals surface area contributed by atoms with Crippen LogP contribution in [0.1, 0.15) is 45.0 Å². The normalized spacial score (nSPS) is 13.5. The molecule has 0 fully saturated rings. The zero-order valence-corrected chi connectivity index (χ0v) is 23.8. The van der Waals surface area contributed by atoms with Gasteiger partial charge in [-0.05, 0) is 34.7 Å². The molecule has 3 N–H and O–H groups in total. The third kappa shape index (κ3) is 6.84. The summed E-state index contributed by atoms with van der Waals surface area (Å²) < 4.78 is 11.2. The van der Waals surface area contributed by atoms with E-state index in [4.69, 9.17) is 9.47 Å². The lowest BCUT2D eigenvalue weighted by Gasteiger charge is -2.21. The minimum absolute atomic E-state index is 0.0238. The highest BCUT2D eigenvalue weighted by Crippen LogP contribution is 2.44. The first-order chi connectivity index (χ1) is 20.4. The summed E-state index contributed by atoms with van der Waals surface area (Å²) in [6.07, 6.45) is -0.910. The Morgan fingerprint density at radius 3 is 2.26 bits per heavy atom. The van der Waals surface area contributed by atoms with Crippen LogP contribution >= 0.6 is 11.3 Å². The molecule has 1 heterocycles. The Bertz CT molecular complexity index is 1510. The van der Waals surface area contributed by atoms with Gasteiger partial charge in [-0.3, -0.25) is 4.79 Å². The highest BCUT2D eigenvalue weighted by Gasteiger charge is 2.30. The van der Waals surface area contributed by atoms with Crippen LogP contribution in [0.4, 0.5) is 4.79 Å². The molecule has 5 rings (SSSR count). The number of aliphatic carboxylic acids is 1. The zero-order chi connectivity index (χ0) is 29.5. The van der Waals surface area contributed by atoms with Gasteiger partial charge in [0.05, 0.1) is 17.7 Å². The van der Waals surface area contributed by atoms with Gasteiger partial charge in [0.25, 0.3) is 5.91 Å². The Morgan fingerprint density at radius 2 is 1.60 bits per heavy atom. The Hall–Kier alpha value is -4.54. The van der Waals surface area contributed by atoms with Gasteiger partial charge in [0.15, 0.2) is 6.04 Å². The fourth-order valence-corrected chi connectivity index (χ4v) is 5.72. The summed E-state index contributed by atoms with van der Waals surface area (Å²) in [5.41, 5.74) is 5.61. The number of carboxylic acids is 1. The molecule has 0 radical (unpaired) electrons. The zero-order valence-electron chi connectivity index (χ0n) is 23.0. The molecule has 0 bridgehead atoms. The van der Waals surface area contributed by atoms with Crippen LogP contribution < -0.4 is 10.6 Å². The molecule has 216 valence electrons. The lowest BCUT2D eigenvalue weighted by Crippen LogP contribution is -2.48. The minimum atomic E-state index is -1.25. The van der Waals surface area contributed by atoms with E-state index < -0.39 is 30.1 Å². The SMILES string of the molecule is CC(OCc1ccccc1)C(NC(=O)c1csc(CCNC(=O)OCC2c3ccccc3-c3ccccc32)n1)C(=O)O. The van der Waals surface area contributed by atoms with E-state index >= 15 is 0 Å². The van der Waals surface area contributed by atoms with Gasteiger partial charge in [-0.1, -0.05) is 78.9 Å². The van der Waals surface area contributed by atoms with Crippen LogP contribution in [0, 0.1) is 0 Å². The van der Waals surface area contributed by atoms with Crippen molar-refractivity contribution in [2.75, 3.05) is 13.2 Å². The van der Waals surface area contributed by atoms with Crippen LogP contribution in [-0.4, -0.2) is 53.4 Å². The first-order valence-electron chi connectivity index (χ1n) is 13.6. The lowest BCUT2D eigenvalue weighted by atomic mass is 9.98. The average Bonchev–Trinajstić information content (AvgIpc) is 3.61. The van der Waals surface area contributed by atoms with Crippen molar-refractivity contribution in [3.05, 3.63) is 112 Å². The second kappa shape index (κ2) is 13.4. The number of nitrogens with zero attached hydrogens (tertiary/aromatic N) is 1. The number of alkyl carbamates (subject to hydrolysis) is 1. The summed E-state index contributed by atoms with van der Waals surface area (Å²) in [6.45, 7) is 2.32. The van der Waals surface area contributed by atoms with E-state index in [0.717, 1.165) is 27.8 Å². The number of carbonyl (C=O) groups is 3. The molecule has 2 atom stereocenters. The molecule has 0 aliphatic heterocycles. The molecule has 9 nitrogen and oxygen atoms in total. The van der Waals surface area contributed by atoms with Crippen molar-refractivity contribution in [1.82, 2.24) is 15.6 Å². The number of aromatic nitrogens is 1. The molecule has 0 spiro atoms. The maximum absolute atomic E-state index is 12.7. The number of carbonyl (C=O) groups excluding carboxylic acids is 2. The van der Waals surface area contributed by atoms with Gasteiger partial charge >= 0.3 is 12.1 Å². The predicted octanol–water partition coefficient (Wildman–Crippen LogP) is 5.01. The van der Waals surface area contributed by atoms with Crippen molar-refractivity contribution < 1.29 is 29.0 Å². The minimum Gasteiger partial charge on any atom is -0.480 e. The molecule has 2 unspecified atom stereocenters. The number of ether oxygens (including phenoxy) is 2. The van der Waals surface area contributed by atoms with Crippen LogP contribution in [0.3, 0.4) is 0 Å². The maximum Gasteiger partial charge on any atom is 0.407 e. The number of hydrogen-bond donors (Lipinski definition) is 3. The summed E-state index contributed by atoms with van der Waals surface area (Å²) >= 11 is 1.26. The number of thiazole rings is 1. The van der Waals surface area contributed by atoms with Crippen molar-refractivity contribution in [1.29, 1.82) is 0 Å². The highest BCUT2D eigenvalue weighted by molar-refractivity contribution is 7.09. The summed E-state index contributed by atoms with van der Waals surface area (Å²) in [5.74, 6) is -1.83. The third-order valence-electron chi connectivity index (χ3n) is 7.11. The van der Waals surface area contributed by atoms with Gasteiger partial charge in [0.1, 0.15) is 12.3 Å². The molecule has 1 aromatic heterocycles. The number of fused-ring (bicyclic) bond motifs is 3. The standard InChI is InChI=1S/C32H31N3O6S/c1-20(40-17-21-9-3-2-4-10-21)29(31(37)38)35-30(36)27-19-42-28(34-27)15-16-33-32(39)41-18-26-24-13-7-5-11-22(24)23-12-6-8-14-25(23)26/h2-14,19-20,26,29H,15-18H2,1H3,(H,33,39)(H,35,36)(H,37,38). The second-order valence-corrected chi connectivity index (χ2v) is 10.9. The number of nitrogens with one attached hydrogen (secondary N) is 2. The largest absolute Gasteiger partial charge is 0.480 e. The van der Waals surface area contributed by atoms with E-state index in [0.29, 0.717) is 11.4 Å². The third-order valence-corrected chi connectivity index (χ3v) is 8.02. The molecular formula is C32H31N3O6S. The predicted molar refractivity (Wildman–Crippen MR) is 158 cm³/mol. The molecule has 42 heavy (non-hydrogen) atoms. The van der Waals surface area contributed by atoms with Crippen molar-refractivity contribution in [3.63, 3.8) is 0 Å². The van der Waals surface area contributed by atoms with Gasteiger partial charge in [-0.25, -0.2) is 14.6 Å². The molecule has 2 amide bonds. The average molecular weight is 586 g/mol. The van der Waals surface area contributed by atoms with E-state index in [9.17, 15) is 19.5 Å². The molecule has 1 aliphatic carbocycles. The molecular weight excluding hydrogens is 554 g/mol. The number of hydrogen-bond acceptors (Lipinski definition) is 7. The molecule has 1 aliphatic rings. The highest BCUT2D eigenvalue weighted by atomic mass is 32.1. The molecule has 3 aromatic carbocycles. The Morgan fingerprint density at radius 1 is 0.952 bits per heavy atom. The first kappa shape index (κ1) is 29.0. The quantitative estimate of drug-likeness (QED) is 0.213. The topological polar surface area (TPSA) is 127 Å². The van der Waals surface area contributed by atoms with E-state index in [1.54, 1.807) is 12.3 Å². The van der Waals surface area contributed by atoms with Crippen LogP contribution in [0.2, 0.25) is 0 Å². The first-order valence-corrected chi connectivity index (χ1v) is 14.5. The fourth-order valence-electron chi connectivity index (χ4n) is 4.94. The number of carboxylic acid groups (broad SMARTS) is 1. The van der Waals surface area contributed by atoms with Crippen LogP contribution in [-0.2, 0) is 27.3 Å². The van der Waals surface area contributed by atoms with E-state index in [1.165, 1.54) is 11.3 Å². The molecule has 4 aromatic rings. The van der Waals surface area contributed by atoms with E-state index in [2.05, 4.69) is 39.9 Å². The van der Waals surface area contributed by atoms with E-state index in [-0.39, 0.29) is 31.4 Å². The van der Waals surface area contributed by atoms with Gasteiger partial charge < -0.3 is 25.2 Å². The lowest BCUT2D eigenvalue weighted by molar-refractivity contribution is -0.143. The maximum atomic E-state index is 12.7. The van der Waals surface area contributed by atoms with Gasteiger partial charge in [0.2, 0.25) is 0 Å². The second-order valence-electron chi connectivity index (χ2n) is 9.92. The number of amides is 2. The Balaban J connectivity index is 1.08. The molecule has 10 heteroatoms. The van der Waals surface area contributed by atoms with Gasteiger partial charge in [-0.2, -0.15) is 0 Å². The van der Waals surface area contributed by atoms with Crippen molar-refractivity contribution >= 4 is 29.3 Å². The summed E-state index contributed by atoms with van der Waals surface area (Å²) in [7, 11) is 0. The molecule has 0 saturated carbocycles.